The standard InChI is InChI=1S/C15H25ClN2O2S/c1-4-6-8-12(7-5-2)18-21(19,20)15-10-14(17)13(16)9-11(15)3/h9-10,12,18H,4-8,17H2,1-3H3. The number of rotatable bonds is 8. The summed E-state index contributed by atoms with van der Waals surface area (Å²) in [5, 5.41) is 0.377. The molecule has 4 nitrogen and oxygen atoms in total. The Labute approximate surface area is 133 Å². The van der Waals surface area contributed by atoms with Crippen molar-refractivity contribution in [3.63, 3.8) is 0 Å². The lowest BCUT2D eigenvalue weighted by Gasteiger charge is -2.19. The van der Waals surface area contributed by atoms with Crippen molar-refractivity contribution in [1.82, 2.24) is 4.72 Å². The van der Waals surface area contributed by atoms with Crippen molar-refractivity contribution < 1.29 is 8.42 Å². The molecule has 21 heavy (non-hydrogen) atoms. The van der Waals surface area contributed by atoms with Gasteiger partial charge in [-0.05, 0) is 37.5 Å². The lowest BCUT2D eigenvalue weighted by atomic mass is 10.1. The van der Waals surface area contributed by atoms with Crippen molar-refractivity contribution in [2.45, 2.75) is 63.8 Å². The fourth-order valence-electron chi connectivity index (χ4n) is 2.30. The Morgan fingerprint density at radius 3 is 2.48 bits per heavy atom. The van der Waals surface area contributed by atoms with E-state index in [-0.39, 0.29) is 16.6 Å². The van der Waals surface area contributed by atoms with Gasteiger partial charge in [0.2, 0.25) is 10.0 Å². The first-order chi connectivity index (χ1) is 9.81. The topological polar surface area (TPSA) is 72.2 Å². The summed E-state index contributed by atoms with van der Waals surface area (Å²) in [6, 6.07) is 2.99. The summed E-state index contributed by atoms with van der Waals surface area (Å²) in [7, 11) is -3.57. The molecule has 0 radical (unpaired) electrons. The summed E-state index contributed by atoms with van der Waals surface area (Å²) in [5.41, 5.74) is 6.62. The number of nitrogens with one attached hydrogen (secondary N) is 1. The summed E-state index contributed by atoms with van der Waals surface area (Å²) in [6.45, 7) is 5.88. The van der Waals surface area contributed by atoms with E-state index in [1.807, 2.05) is 0 Å². The summed E-state index contributed by atoms with van der Waals surface area (Å²) in [6.07, 6.45) is 4.69. The van der Waals surface area contributed by atoms with Crippen LogP contribution >= 0.6 is 11.6 Å². The zero-order valence-corrected chi connectivity index (χ0v) is 14.5. The van der Waals surface area contributed by atoms with E-state index in [2.05, 4.69) is 18.6 Å². The van der Waals surface area contributed by atoms with Gasteiger partial charge in [0, 0.05) is 6.04 Å². The number of hydrogen-bond donors (Lipinski definition) is 2. The molecule has 6 heteroatoms. The van der Waals surface area contributed by atoms with Crippen molar-refractivity contribution >= 4 is 27.3 Å². The van der Waals surface area contributed by atoms with Crippen LogP contribution in [0.5, 0.6) is 0 Å². The quantitative estimate of drug-likeness (QED) is 0.710. The Kier molecular flexibility index (Phi) is 6.97. The highest BCUT2D eigenvalue weighted by Crippen LogP contribution is 2.26. The molecule has 0 aliphatic heterocycles. The van der Waals surface area contributed by atoms with Crippen LogP contribution in [-0.2, 0) is 10.0 Å². The third-order valence-corrected chi connectivity index (χ3v) is 5.44. The average molecular weight is 333 g/mol. The largest absolute Gasteiger partial charge is 0.397 e. The van der Waals surface area contributed by atoms with Gasteiger partial charge in [0.05, 0.1) is 15.6 Å². The van der Waals surface area contributed by atoms with Crippen LogP contribution in [0.25, 0.3) is 0 Å². The van der Waals surface area contributed by atoms with Crippen LogP contribution in [0.4, 0.5) is 5.69 Å². The maximum Gasteiger partial charge on any atom is 0.241 e. The minimum absolute atomic E-state index is 0.0312. The number of anilines is 1. The Bertz CT molecular complexity index is 573. The molecule has 1 aromatic carbocycles. The number of benzene rings is 1. The van der Waals surface area contributed by atoms with Gasteiger partial charge in [-0.2, -0.15) is 0 Å². The molecule has 0 fully saturated rings. The van der Waals surface area contributed by atoms with E-state index in [1.165, 1.54) is 6.07 Å². The van der Waals surface area contributed by atoms with Crippen LogP contribution in [-0.4, -0.2) is 14.5 Å². The van der Waals surface area contributed by atoms with E-state index < -0.39 is 10.0 Å². The molecular formula is C15H25ClN2O2S. The first-order valence-corrected chi connectivity index (χ1v) is 9.25. The molecule has 1 rings (SSSR count). The Morgan fingerprint density at radius 2 is 1.90 bits per heavy atom. The molecule has 0 saturated heterocycles. The van der Waals surface area contributed by atoms with E-state index >= 15 is 0 Å². The second-order valence-corrected chi connectivity index (χ2v) is 7.48. The van der Waals surface area contributed by atoms with Gasteiger partial charge in [0.25, 0.3) is 0 Å². The van der Waals surface area contributed by atoms with E-state index in [9.17, 15) is 8.42 Å². The van der Waals surface area contributed by atoms with Crippen molar-refractivity contribution in [3.05, 3.63) is 22.7 Å². The van der Waals surface area contributed by atoms with Gasteiger partial charge < -0.3 is 5.73 Å². The number of unbranched alkanes of at least 4 members (excludes halogenated alkanes) is 1. The molecule has 0 heterocycles. The molecule has 0 spiro atoms. The molecule has 3 N–H and O–H groups in total. The molecular weight excluding hydrogens is 308 g/mol. The Hall–Kier alpha value is -0.780. The van der Waals surface area contributed by atoms with E-state index in [0.717, 1.165) is 32.1 Å². The summed E-state index contributed by atoms with van der Waals surface area (Å²) < 4.78 is 27.9. The van der Waals surface area contributed by atoms with Crippen LogP contribution in [0.3, 0.4) is 0 Å². The number of hydrogen-bond acceptors (Lipinski definition) is 3. The SMILES string of the molecule is CCCCC(CCC)NS(=O)(=O)c1cc(N)c(Cl)cc1C. The molecule has 0 saturated carbocycles. The maximum atomic E-state index is 12.6. The monoisotopic (exact) mass is 332 g/mol. The normalized spacial score (nSPS) is 13.3. The number of halogens is 1. The number of nitrogens with two attached hydrogens (primary N) is 1. The number of sulfonamides is 1. The highest BCUT2D eigenvalue weighted by atomic mass is 35.5. The highest BCUT2D eigenvalue weighted by molar-refractivity contribution is 7.89. The van der Waals surface area contributed by atoms with Gasteiger partial charge in [-0.25, -0.2) is 13.1 Å². The first kappa shape index (κ1) is 18.3. The average Bonchev–Trinajstić information content (AvgIpc) is 2.40. The second-order valence-electron chi connectivity index (χ2n) is 5.39. The van der Waals surface area contributed by atoms with Crippen molar-refractivity contribution in [2.24, 2.45) is 0 Å². The van der Waals surface area contributed by atoms with Gasteiger partial charge in [-0.15, -0.1) is 0 Å². The Morgan fingerprint density at radius 1 is 1.24 bits per heavy atom. The lowest BCUT2D eigenvalue weighted by Crippen LogP contribution is -2.35. The maximum absolute atomic E-state index is 12.6. The molecule has 0 bridgehead atoms. The molecule has 120 valence electrons. The molecule has 0 aromatic heterocycles. The van der Waals surface area contributed by atoms with Gasteiger partial charge in [-0.1, -0.05) is 44.7 Å². The van der Waals surface area contributed by atoms with Crippen LogP contribution in [0.1, 0.15) is 51.5 Å². The van der Waals surface area contributed by atoms with Crippen LogP contribution in [0, 0.1) is 6.92 Å². The summed E-state index contributed by atoms with van der Waals surface area (Å²) in [4.78, 5) is 0.210. The molecule has 0 aliphatic rings. The third-order valence-electron chi connectivity index (χ3n) is 3.45. The van der Waals surface area contributed by atoms with Gasteiger partial charge in [0.1, 0.15) is 0 Å². The highest BCUT2D eigenvalue weighted by Gasteiger charge is 2.22. The van der Waals surface area contributed by atoms with Crippen molar-refractivity contribution in [3.8, 4) is 0 Å². The number of aryl methyl sites for hydroxylation is 1. The molecule has 1 atom stereocenters. The van der Waals surface area contributed by atoms with Gasteiger partial charge in [0.15, 0.2) is 0 Å². The predicted octanol–water partition coefficient (Wildman–Crippen LogP) is 3.87. The fraction of sp³-hybridized carbons (Fsp3) is 0.600. The molecule has 0 amide bonds. The molecule has 1 unspecified atom stereocenters. The van der Waals surface area contributed by atoms with E-state index in [0.29, 0.717) is 10.6 Å². The third kappa shape index (κ3) is 5.16. The van der Waals surface area contributed by atoms with Gasteiger partial charge >= 0.3 is 0 Å². The van der Waals surface area contributed by atoms with E-state index in [4.69, 9.17) is 17.3 Å². The summed E-state index contributed by atoms with van der Waals surface area (Å²) in [5.74, 6) is 0. The van der Waals surface area contributed by atoms with Crippen molar-refractivity contribution in [2.75, 3.05) is 5.73 Å². The zero-order valence-electron chi connectivity index (χ0n) is 12.9. The van der Waals surface area contributed by atoms with Gasteiger partial charge in [-0.3, -0.25) is 0 Å². The Balaban J connectivity index is 3.01. The van der Waals surface area contributed by atoms with Crippen molar-refractivity contribution in [1.29, 1.82) is 0 Å². The minimum Gasteiger partial charge on any atom is -0.397 e. The predicted molar refractivity (Wildman–Crippen MR) is 89.1 cm³/mol. The molecule has 0 aliphatic carbocycles. The smallest absolute Gasteiger partial charge is 0.241 e. The fourth-order valence-corrected chi connectivity index (χ4v) is 4.09. The van der Waals surface area contributed by atoms with E-state index in [1.54, 1.807) is 13.0 Å². The minimum atomic E-state index is -3.57. The number of nitrogen functional groups attached to an aromatic ring is 1. The second kappa shape index (κ2) is 8.01. The van der Waals surface area contributed by atoms with Crippen LogP contribution < -0.4 is 10.5 Å². The van der Waals surface area contributed by atoms with Crippen LogP contribution in [0.15, 0.2) is 17.0 Å². The molecule has 1 aromatic rings. The lowest BCUT2D eigenvalue weighted by molar-refractivity contribution is 0.483. The summed E-state index contributed by atoms with van der Waals surface area (Å²) >= 11 is 5.92. The van der Waals surface area contributed by atoms with Crippen LogP contribution in [0.2, 0.25) is 5.02 Å². The zero-order chi connectivity index (χ0) is 16.0. The first-order valence-electron chi connectivity index (χ1n) is 7.39.